The number of nitrogens with one attached hydrogen (secondary N) is 1. The number of ether oxygens (including phenoxy) is 3. The van der Waals surface area contributed by atoms with Crippen molar-refractivity contribution in [2.24, 2.45) is 5.10 Å². The van der Waals surface area contributed by atoms with Crippen LogP contribution >= 0.6 is 15.9 Å². The number of carbonyl (C=O) groups excluding carboxylic acids is 1. The molecule has 0 fully saturated rings. The molecule has 2 rings (SSSR count). The van der Waals surface area contributed by atoms with Crippen molar-refractivity contribution in [3.63, 3.8) is 0 Å². The molecule has 8 nitrogen and oxygen atoms in total. The number of nitrogens with zero attached hydrogens (tertiary/aromatic N) is 1. The van der Waals surface area contributed by atoms with Crippen molar-refractivity contribution in [2.45, 2.75) is 13.0 Å². The zero-order chi connectivity index (χ0) is 20.5. The highest BCUT2D eigenvalue weighted by Gasteiger charge is 2.18. The lowest BCUT2D eigenvalue weighted by molar-refractivity contribution is -0.144. The Morgan fingerprint density at radius 2 is 1.96 bits per heavy atom. The second-order valence-corrected chi connectivity index (χ2v) is 6.43. The number of hydrazone groups is 1. The van der Waals surface area contributed by atoms with Crippen molar-refractivity contribution in [1.82, 2.24) is 5.43 Å². The molecule has 0 heterocycles. The first-order valence-corrected chi connectivity index (χ1v) is 8.96. The molecule has 1 atom stereocenters. The van der Waals surface area contributed by atoms with Gasteiger partial charge in [0.05, 0.1) is 13.3 Å². The molecule has 0 aliphatic heterocycles. The minimum Gasteiger partial charge on any atom is -0.493 e. The van der Waals surface area contributed by atoms with Gasteiger partial charge in [-0.15, -0.1) is 0 Å². The number of rotatable bonds is 9. The minimum atomic E-state index is -1.12. The van der Waals surface area contributed by atoms with E-state index in [2.05, 4.69) is 26.5 Å². The van der Waals surface area contributed by atoms with E-state index in [4.69, 9.17) is 19.3 Å². The molecule has 9 heteroatoms. The van der Waals surface area contributed by atoms with Crippen molar-refractivity contribution in [3.05, 3.63) is 52.5 Å². The summed E-state index contributed by atoms with van der Waals surface area (Å²) < 4.78 is 16.9. The van der Waals surface area contributed by atoms with Crippen LogP contribution in [0.4, 0.5) is 0 Å². The fraction of sp³-hybridized carbons (Fsp3) is 0.211. The molecule has 0 aromatic heterocycles. The van der Waals surface area contributed by atoms with Gasteiger partial charge in [0.2, 0.25) is 0 Å². The number of hydrogen-bond donors (Lipinski definition) is 2. The van der Waals surface area contributed by atoms with E-state index in [9.17, 15) is 9.59 Å². The second kappa shape index (κ2) is 10.3. The number of carboxylic acid groups (broad SMARTS) is 1. The number of methoxy groups -OCH3 is 1. The Bertz CT molecular complexity index is 854. The SMILES string of the molecule is COc1cccc(/C=N\NC(=O)COc2ccc(Br)cc2)c1O[C@H](C)C(=O)O. The van der Waals surface area contributed by atoms with Crippen molar-refractivity contribution in [2.75, 3.05) is 13.7 Å². The third kappa shape index (κ3) is 6.27. The summed E-state index contributed by atoms with van der Waals surface area (Å²) in [4.78, 5) is 22.9. The topological polar surface area (TPSA) is 106 Å². The van der Waals surface area contributed by atoms with E-state index in [1.807, 2.05) is 0 Å². The van der Waals surface area contributed by atoms with Crippen molar-refractivity contribution < 1.29 is 28.9 Å². The van der Waals surface area contributed by atoms with Crippen LogP contribution in [0.2, 0.25) is 0 Å². The number of benzene rings is 2. The van der Waals surface area contributed by atoms with Crippen LogP contribution < -0.4 is 19.6 Å². The van der Waals surface area contributed by atoms with Crippen LogP contribution in [0.5, 0.6) is 17.2 Å². The predicted molar refractivity (Wildman–Crippen MR) is 106 cm³/mol. The predicted octanol–water partition coefficient (Wildman–Crippen LogP) is 2.84. The van der Waals surface area contributed by atoms with Gasteiger partial charge < -0.3 is 19.3 Å². The van der Waals surface area contributed by atoms with Crippen LogP contribution in [0.25, 0.3) is 0 Å². The van der Waals surface area contributed by atoms with Gasteiger partial charge in [-0.2, -0.15) is 5.10 Å². The smallest absolute Gasteiger partial charge is 0.344 e. The Morgan fingerprint density at radius 3 is 2.61 bits per heavy atom. The van der Waals surface area contributed by atoms with E-state index >= 15 is 0 Å². The van der Waals surface area contributed by atoms with Gasteiger partial charge in [0.15, 0.2) is 24.2 Å². The highest BCUT2D eigenvalue weighted by Crippen LogP contribution is 2.31. The van der Waals surface area contributed by atoms with Gasteiger partial charge in [-0.05, 0) is 43.3 Å². The molecule has 0 radical (unpaired) electrons. The maximum atomic E-state index is 11.9. The van der Waals surface area contributed by atoms with Gasteiger partial charge >= 0.3 is 5.97 Å². The summed E-state index contributed by atoms with van der Waals surface area (Å²) in [6.07, 6.45) is 0.251. The quantitative estimate of drug-likeness (QED) is 0.449. The maximum absolute atomic E-state index is 11.9. The Morgan fingerprint density at radius 1 is 1.25 bits per heavy atom. The minimum absolute atomic E-state index is 0.212. The second-order valence-electron chi connectivity index (χ2n) is 5.51. The molecule has 0 aliphatic rings. The largest absolute Gasteiger partial charge is 0.493 e. The van der Waals surface area contributed by atoms with Gasteiger partial charge in [-0.25, -0.2) is 10.2 Å². The summed E-state index contributed by atoms with van der Waals surface area (Å²) in [5, 5.41) is 12.9. The highest BCUT2D eigenvalue weighted by atomic mass is 79.9. The van der Waals surface area contributed by atoms with Crippen LogP contribution in [0.15, 0.2) is 52.0 Å². The fourth-order valence-electron chi connectivity index (χ4n) is 2.03. The van der Waals surface area contributed by atoms with Crippen LogP contribution in [-0.2, 0) is 9.59 Å². The van der Waals surface area contributed by atoms with Crippen LogP contribution in [0.3, 0.4) is 0 Å². The zero-order valence-electron chi connectivity index (χ0n) is 15.2. The summed E-state index contributed by atoms with van der Waals surface area (Å²) in [5.74, 6) is -0.463. The normalized spacial score (nSPS) is 11.7. The number of para-hydroxylation sites is 1. The summed E-state index contributed by atoms with van der Waals surface area (Å²) in [5.41, 5.74) is 2.78. The van der Waals surface area contributed by atoms with E-state index in [0.29, 0.717) is 17.1 Å². The zero-order valence-corrected chi connectivity index (χ0v) is 16.8. The first-order valence-electron chi connectivity index (χ1n) is 8.17. The van der Waals surface area contributed by atoms with E-state index < -0.39 is 18.0 Å². The molecule has 2 N–H and O–H groups in total. The molecule has 0 spiro atoms. The van der Waals surface area contributed by atoms with Crippen molar-refractivity contribution >= 4 is 34.0 Å². The Labute approximate surface area is 170 Å². The summed E-state index contributed by atoms with van der Waals surface area (Å²) in [6.45, 7) is 1.19. The summed E-state index contributed by atoms with van der Waals surface area (Å²) in [6, 6.07) is 12.0. The summed E-state index contributed by atoms with van der Waals surface area (Å²) in [7, 11) is 1.44. The molecule has 1 amide bonds. The lowest BCUT2D eigenvalue weighted by Crippen LogP contribution is -2.25. The molecule has 2 aromatic rings. The Balaban J connectivity index is 1.99. The average Bonchev–Trinajstić information content (AvgIpc) is 2.68. The monoisotopic (exact) mass is 450 g/mol. The summed E-state index contributed by atoms with van der Waals surface area (Å²) >= 11 is 3.31. The van der Waals surface area contributed by atoms with Crippen LogP contribution in [0.1, 0.15) is 12.5 Å². The Kier molecular flexibility index (Phi) is 7.82. The first kappa shape index (κ1) is 21.2. The molecule has 28 heavy (non-hydrogen) atoms. The lowest BCUT2D eigenvalue weighted by Gasteiger charge is -2.15. The van der Waals surface area contributed by atoms with Crippen molar-refractivity contribution in [3.8, 4) is 17.2 Å². The van der Waals surface area contributed by atoms with E-state index in [-0.39, 0.29) is 12.4 Å². The fourth-order valence-corrected chi connectivity index (χ4v) is 2.30. The third-order valence-corrected chi connectivity index (χ3v) is 3.98. The molecule has 0 saturated carbocycles. The standard InChI is InChI=1S/C19H19BrN2O6/c1-12(19(24)25)28-18-13(4-3-5-16(18)26-2)10-21-22-17(23)11-27-15-8-6-14(20)7-9-15/h3-10,12H,11H2,1-2H3,(H,22,23)(H,24,25)/b21-10-/t12-/m1/s1. The molecule has 0 aliphatic carbocycles. The van der Waals surface area contributed by atoms with Crippen LogP contribution in [-0.4, -0.2) is 43.0 Å². The Hall–Kier alpha value is -3.07. The number of carbonyl (C=O) groups is 2. The van der Waals surface area contributed by atoms with Crippen LogP contribution in [0, 0.1) is 0 Å². The maximum Gasteiger partial charge on any atom is 0.344 e. The van der Waals surface area contributed by atoms with E-state index in [0.717, 1.165) is 4.47 Å². The number of carboxylic acids is 1. The number of amides is 1. The molecule has 0 saturated heterocycles. The van der Waals surface area contributed by atoms with E-state index in [1.165, 1.54) is 20.2 Å². The average molecular weight is 451 g/mol. The molecular weight excluding hydrogens is 432 g/mol. The number of hydrogen-bond acceptors (Lipinski definition) is 6. The van der Waals surface area contributed by atoms with Crippen molar-refractivity contribution in [1.29, 1.82) is 0 Å². The van der Waals surface area contributed by atoms with E-state index in [1.54, 1.807) is 42.5 Å². The molecule has 2 aromatic carbocycles. The molecule has 0 bridgehead atoms. The lowest BCUT2D eigenvalue weighted by atomic mass is 10.2. The first-order chi connectivity index (χ1) is 13.4. The third-order valence-electron chi connectivity index (χ3n) is 3.45. The van der Waals surface area contributed by atoms with Gasteiger partial charge in [0, 0.05) is 10.0 Å². The van der Waals surface area contributed by atoms with Gasteiger partial charge in [0.1, 0.15) is 5.75 Å². The van der Waals surface area contributed by atoms with Gasteiger partial charge in [-0.3, -0.25) is 4.79 Å². The van der Waals surface area contributed by atoms with Gasteiger partial charge in [-0.1, -0.05) is 22.0 Å². The molecule has 0 unspecified atom stereocenters. The number of halogens is 1. The number of aliphatic carboxylic acids is 1. The highest BCUT2D eigenvalue weighted by molar-refractivity contribution is 9.10. The molecule has 148 valence electrons. The molecular formula is C19H19BrN2O6. The van der Waals surface area contributed by atoms with Gasteiger partial charge in [0.25, 0.3) is 5.91 Å².